The van der Waals surface area contributed by atoms with Crippen molar-refractivity contribution in [2.24, 2.45) is 5.92 Å². The molecule has 2 aromatic carbocycles. The molecule has 0 radical (unpaired) electrons. The van der Waals surface area contributed by atoms with E-state index in [9.17, 15) is 14.0 Å². The van der Waals surface area contributed by atoms with E-state index in [1.807, 2.05) is 0 Å². The topological polar surface area (TPSA) is 79.9 Å². The van der Waals surface area contributed by atoms with Gasteiger partial charge in [-0.1, -0.05) is 6.07 Å². The van der Waals surface area contributed by atoms with Crippen LogP contribution in [-0.4, -0.2) is 39.2 Å². The van der Waals surface area contributed by atoms with Crippen LogP contribution in [0.4, 0.5) is 20.6 Å². The van der Waals surface area contributed by atoms with Crippen LogP contribution in [0, 0.1) is 11.7 Å². The number of nitrogens with zero attached hydrogens (tertiary/aromatic N) is 1. The smallest absolute Gasteiger partial charge is 0.319 e. The lowest BCUT2D eigenvalue weighted by molar-refractivity contribution is -0.117. The first kappa shape index (κ1) is 19.5. The van der Waals surface area contributed by atoms with Crippen LogP contribution in [0.15, 0.2) is 42.5 Å². The van der Waals surface area contributed by atoms with Gasteiger partial charge in [-0.3, -0.25) is 4.79 Å². The molecule has 0 spiro atoms. The Morgan fingerprint density at radius 1 is 1.18 bits per heavy atom. The van der Waals surface area contributed by atoms with Gasteiger partial charge in [0.15, 0.2) is 11.5 Å². The second kappa shape index (κ2) is 8.60. The summed E-state index contributed by atoms with van der Waals surface area (Å²) in [6, 6.07) is 10.6. The Hall–Kier alpha value is -3.29. The van der Waals surface area contributed by atoms with Crippen molar-refractivity contribution in [3.8, 4) is 11.5 Å². The highest BCUT2D eigenvalue weighted by Crippen LogP contribution is 2.34. The number of urea groups is 1. The predicted octanol–water partition coefficient (Wildman–Crippen LogP) is 3.02. The molecular weight excluding hydrogens is 365 g/mol. The number of hydrogen-bond donors (Lipinski definition) is 2. The monoisotopic (exact) mass is 387 g/mol. The maximum absolute atomic E-state index is 13.1. The van der Waals surface area contributed by atoms with Crippen LogP contribution in [0.2, 0.25) is 0 Å². The molecular formula is C20H22FN3O4. The summed E-state index contributed by atoms with van der Waals surface area (Å²) in [5.74, 6) is 0.511. The number of para-hydroxylation sites is 1. The summed E-state index contributed by atoms with van der Waals surface area (Å²) in [6.07, 6.45) is 0.320. The maximum atomic E-state index is 13.1. The molecule has 8 heteroatoms. The van der Waals surface area contributed by atoms with Crippen molar-refractivity contribution in [3.05, 3.63) is 48.3 Å². The van der Waals surface area contributed by atoms with Crippen LogP contribution in [0.3, 0.4) is 0 Å². The second-order valence-electron chi connectivity index (χ2n) is 6.43. The molecule has 1 heterocycles. The van der Waals surface area contributed by atoms with E-state index in [4.69, 9.17) is 9.47 Å². The number of hydrogen-bond acceptors (Lipinski definition) is 4. The third-order valence-electron chi connectivity index (χ3n) is 4.55. The molecule has 1 saturated heterocycles. The number of halogens is 1. The van der Waals surface area contributed by atoms with E-state index in [1.54, 1.807) is 35.2 Å². The molecule has 28 heavy (non-hydrogen) atoms. The van der Waals surface area contributed by atoms with Crippen LogP contribution in [0.5, 0.6) is 11.5 Å². The second-order valence-corrected chi connectivity index (χ2v) is 6.43. The zero-order valence-corrected chi connectivity index (χ0v) is 15.7. The number of anilines is 2. The summed E-state index contributed by atoms with van der Waals surface area (Å²) in [6.45, 7) is 0.800. The molecule has 3 amide bonds. The Morgan fingerprint density at radius 3 is 2.61 bits per heavy atom. The number of methoxy groups -OCH3 is 2. The van der Waals surface area contributed by atoms with E-state index < -0.39 is 6.03 Å². The van der Waals surface area contributed by atoms with E-state index in [1.165, 1.54) is 26.4 Å². The number of rotatable bonds is 6. The van der Waals surface area contributed by atoms with Crippen LogP contribution in [0.1, 0.15) is 6.42 Å². The van der Waals surface area contributed by atoms with Gasteiger partial charge in [-0.05, 0) is 36.4 Å². The van der Waals surface area contributed by atoms with Crippen molar-refractivity contribution in [1.82, 2.24) is 5.32 Å². The van der Waals surface area contributed by atoms with Gasteiger partial charge in [-0.15, -0.1) is 0 Å². The Kier molecular flexibility index (Phi) is 5.98. The highest BCUT2D eigenvalue weighted by Gasteiger charge is 2.30. The maximum Gasteiger partial charge on any atom is 0.319 e. The molecule has 0 unspecified atom stereocenters. The zero-order valence-electron chi connectivity index (χ0n) is 15.7. The van der Waals surface area contributed by atoms with E-state index >= 15 is 0 Å². The van der Waals surface area contributed by atoms with Crippen molar-refractivity contribution in [2.45, 2.75) is 6.42 Å². The molecule has 1 aliphatic rings. The predicted molar refractivity (Wildman–Crippen MR) is 103 cm³/mol. The first-order chi connectivity index (χ1) is 13.5. The van der Waals surface area contributed by atoms with Gasteiger partial charge < -0.3 is 25.0 Å². The lowest BCUT2D eigenvalue weighted by atomic mass is 10.1. The molecule has 3 rings (SSSR count). The number of nitrogens with one attached hydrogen (secondary N) is 2. The standard InChI is InChI=1S/C20H22FN3O4/c1-27-17-5-3-4-16(19(17)28-2)23-20(26)22-11-13-10-18(25)24(12-13)15-8-6-14(21)7-9-15/h3-9,13H,10-12H2,1-2H3,(H2,22,23,26)/t13-/m1/s1. The minimum atomic E-state index is -0.403. The molecule has 7 nitrogen and oxygen atoms in total. The fraction of sp³-hybridized carbons (Fsp3) is 0.300. The summed E-state index contributed by atoms with van der Waals surface area (Å²) >= 11 is 0. The Balaban J connectivity index is 1.56. The zero-order chi connectivity index (χ0) is 20.1. The molecule has 148 valence electrons. The van der Waals surface area contributed by atoms with Gasteiger partial charge in [0.25, 0.3) is 0 Å². The lowest BCUT2D eigenvalue weighted by Gasteiger charge is -2.17. The highest BCUT2D eigenvalue weighted by molar-refractivity contribution is 5.96. The van der Waals surface area contributed by atoms with Crippen LogP contribution in [-0.2, 0) is 4.79 Å². The largest absolute Gasteiger partial charge is 0.493 e. The fourth-order valence-electron chi connectivity index (χ4n) is 3.18. The number of carbonyl (C=O) groups is 2. The Bertz CT molecular complexity index is 857. The number of ether oxygens (including phenoxy) is 2. The van der Waals surface area contributed by atoms with Crippen molar-refractivity contribution in [1.29, 1.82) is 0 Å². The summed E-state index contributed by atoms with van der Waals surface area (Å²) < 4.78 is 23.6. The molecule has 0 bridgehead atoms. The van der Waals surface area contributed by atoms with Crippen molar-refractivity contribution >= 4 is 23.3 Å². The van der Waals surface area contributed by atoms with Crippen LogP contribution in [0.25, 0.3) is 0 Å². The Labute approximate surface area is 162 Å². The highest BCUT2D eigenvalue weighted by atomic mass is 19.1. The van der Waals surface area contributed by atoms with Crippen LogP contribution >= 0.6 is 0 Å². The van der Waals surface area contributed by atoms with Gasteiger partial charge in [-0.2, -0.15) is 0 Å². The van der Waals surface area contributed by atoms with Gasteiger partial charge in [0.1, 0.15) is 5.82 Å². The van der Waals surface area contributed by atoms with Crippen LogP contribution < -0.4 is 25.0 Å². The molecule has 0 saturated carbocycles. The lowest BCUT2D eigenvalue weighted by Crippen LogP contribution is -2.34. The Morgan fingerprint density at radius 2 is 1.93 bits per heavy atom. The normalized spacial score (nSPS) is 16.0. The number of benzene rings is 2. The minimum absolute atomic E-state index is 0.0319. The average molecular weight is 387 g/mol. The summed E-state index contributed by atoms with van der Waals surface area (Å²) in [5.41, 5.74) is 1.13. The van der Waals surface area contributed by atoms with Crippen molar-refractivity contribution in [3.63, 3.8) is 0 Å². The molecule has 1 fully saturated rings. The summed E-state index contributed by atoms with van der Waals surface area (Å²) in [4.78, 5) is 26.1. The molecule has 0 aliphatic carbocycles. The molecule has 1 aliphatic heterocycles. The van der Waals surface area contributed by atoms with E-state index in [0.717, 1.165) is 0 Å². The minimum Gasteiger partial charge on any atom is -0.493 e. The molecule has 1 atom stereocenters. The van der Waals surface area contributed by atoms with E-state index in [0.29, 0.717) is 42.4 Å². The first-order valence-corrected chi connectivity index (χ1v) is 8.83. The van der Waals surface area contributed by atoms with Gasteiger partial charge in [0.05, 0.1) is 19.9 Å². The first-order valence-electron chi connectivity index (χ1n) is 8.83. The third kappa shape index (κ3) is 4.33. The SMILES string of the molecule is COc1cccc(NC(=O)NC[C@H]2CC(=O)N(c3ccc(F)cc3)C2)c1OC. The van der Waals surface area contributed by atoms with Gasteiger partial charge >= 0.3 is 6.03 Å². The number of amides is 3. The quantitative estimate of drug-likeness (QED) is 0.799. The van der Waals surface area contributed by atoms with Crippen molar-refractivity contribution < 1.29 is 23.5 Å². The molecule has 2 aromatic rings. The van der Waals surface area contributed by atoms with Crippen molar-refractivity contribution in [2.75, 3.05) is 37.5 Å². The third-order valence-corrected chi connectivity index (χ3v) is 4.55. The average Bonchev–Trinajstić information content (AvgIpc) is 3.07. The van der Waals surface area contributed by atoms with Gasteiger partial charge in [-0.25, -0.2) is 9.18 Å². The molecule has 0 aromatic heterocycles. The van der Waals surface area contributed by atoms with E-state index in [2.05, 4.69) is 10.6 Å². The van der Waals surface area contributed by atoms with Gasteiger partial charge in [0, 0.05) is 31.1 Å². The van der Waals surface area contributed by atoms with E-state index in [-0.39, 0.29) is 17.6 Å². The number of carbonyl (C=O) groups excluding carboxylic acids is 2. The summed E-state index contributed by atoms with van der Waals surface area (Å²) in [7, 11) is 3.01. The summed E-state index contributed by atoms with van der Waals surface area (Å²) in [5, 5.41) is 5.50. The van der Waals surface area contributed by atoms with Gasteiger partial charge in [0.2, 0.25) is 5.91 Å². The molecule has 2 N–H and O–H groups in total. The fourth-order valence-corrected chi connectivity index (χ4v) is 3.18.